The summed E-state index contributed by atoms with van der Waals surface area (Å²) in [5, 5.41) is 3.48. The number of anilines is 1. The normalized spacial score (nSPS) is 12.4. The number of hydrogen-bond donors (Lipinski definition) is 1. The maximum absolute atomic E-state index is 5.09. The van der Waals surface area contributed by atoms with Crippen molar-refractivity contribution < 1.29 is 4.42 Å². The van der Waals surface area contributed by atoms with Gasteiger partial charge in [-0.15, -0.1) is 0 Å². The molecule has 0 saturated carbocycles. The molecule has 2 rings (SSSR count). The second-order valence-electron chi connectivity index (χ2n) is 4.42. The van der Waals surface area contributed by atoms with Crippen LogP contribution in [0.4, 0.5) is 5.69 Å². The fourth-order valence-corrected chi connectivity index (χ4v) is 2.04. The zero-order valence-corrected chi connectivity index (χ0v) is 10.7. The topological polar surface area (TPSA) is 25.2 Å². The van der Waals surface area contributed by atoms with Crippen molar-refractivity contribution in [3.05, 3.63) is 53.5 Å². The van der Waals surface area contributed by atoms with Crippen molar-refractivity contribution in [3.63, 3.8) is 0 Å². The Morgan fingerprint density at radius 1 is 1.29 bits per heavy atom. The van der Waals surface area contributed by atoms with Crippen LogP contribution in [0.1, 0.15) is 36.6 Å². The first-order valence-electron chi connectivity index (χ1n) is 6.09. The summed E-state index contributed by atoms with van der Waals surface area (Å²) < 4.78 is 5.09. The average Bonchev–Trinajstić information content (AvgIpc) is 2.82. The first-order valence-corrected chi connectivity index (χ1v) is 6.09. The van der Waals surface area contributed by atoms with E-state index in [9.17, 15) is 0 Å². The molecule has 1 unspecified atom stereocenters. The summed E-state index contributed by atoms with van der Waals surface area (Å²) in [4.78, 5) is 0. The van der Waals surface area contributed by atoms with Crippen LogP contribution >= 0.6 is 0 Å². The quantitative estimate of drug-likeness (QED) is 0.844. The molecule has 0 amide bonds. The van der Waals surface area contributed by atoms with Crippen LogP contribution in [0.3, 0.4) is 0 Å². The summed E-state index contributed by atoms with van der Waals surface area (Å²) in [6.07, 6.45) is 4.58. The zero-order chi connectivity index (χ0) is 12.3. The molecular formula is C15H19NO. The molecule has 0 spiro atoms. The molecule has 0 aliphatic heterocycles. The number of furan rings is 1. The molecule has 1 N–H and O–H groups in total. The highest BCUT2D eigenvalue weighted by atomic mass is 16.3. The summed E-state index contributed by atoms with van der Waals surface area (Å²) in [6.45, 7) is 6.48. The van der Waals surface area contributed by atoms with Gasteiger partial charge in [-0.25, -0.2) is 0 Å². The van der Waals surface area contributed by atoms with E-state index in [-0.39, 0.29) is 6.04 Å². The minimum Gasteiger partial charge on any atom is -0.472 e. The van der Waals surface area contributed by atoms with E-state index >= 15 is 0 Å². The van der Waals surface area contributed by atoms with Gasteiger partial charge >= 0.3 is 0 Å². The van der Waals surface area contributed by atoms with E-state index in [1.807, 2.05) is 6.07 Å². The van der Waals surface area contributed by atoms with E-state index in [2.05, 4.69) is 44.3 Å². The highest BCUT2D eigenvalue weighted by molar-refractivity contribution is 5.49. The van der Waals surface area contributed by atoms with Gasteiger partial charge in [-0.05, 0) is 49.6 Å². The maximum atomic E-state index is 5.09. The Bertz CT molecular complexity index is 474. The fourth-order valence-electron chi connectivity index (χ4n) is 2.04. The van der Waals surface area contributed by atoms with Crippen LogP contribution in [0.25, 0.3) is 0 Å². The monoisotopic (exact) mass is 229 g/mol. The van der Waals surface area contributed by atoms with Gasteiger partial charge in [-0.3, -0.25) is 0 Å². The van der Waals surface area contributed by atoms with Crippen LogP contribution in [-0.2, 0) is 6.42 Å². The number of aryl methyl sites for hydroxylation is 2. The van der Waals surface area contributed by atoms with Crippen LogP contribution < -0.4 is 5.32 Å². The third-order valence-corrected chi connectivity index (χ3v) is 3.15. The van der Waals surface area contributed by atoms with E-state index in [0.717, 1.165) is 12.1 Å². The standard InChI is InChI=1S/C15H19NO/c1-4-13-5-6-15(9-11(13)2)16-12(3)14-7-8-17-10-14/h5-10,12,16H,4H2,1-3H3. The molecule has 2 nitrogen and oxygen atoms in total. The van der Waals surface area contributed by atoms with Gasteiger partial charge in [0.2, 0.25) is 0 Å². The average molecular weight is 229 g/mol. The lowest BCUT2D eigenvalue weighted by atomic mass is 10.1. The zero-order valence-electron chi connectivity index (χ0n) is 10.7. The summed E-state index contributed by atoms with van der Waals surface area (Å²) in [7, 11) is 0. The van der Waals surface area contributed by atoms with E-state index in [1.54, 1.807) is 12.5 Å². The predicted molar refractivity (Wildman–Crippen MR) is 71.3 cm³/mol. The number of hydrogen-bond acceptors (Lipinski definition) is 2. The minimum atomic E-state index is 0.264. The van der Waals surface area contributed by atoms with Crippen molar-refractivity contribution in [3.8, 4) is 0 Å². The Morgan fingerprint density at radius 2 is 2.12 bits per heavy atom. The van der Waals surface area contributed by atoms with Crippen molar-refractivity contribution in [1.29, 1.82) is 0 Å². The van der Waals surface area contributed by atoms with Crippen LogP contribution in [0, 0.1) is 6.92 Å². The van der Waals surface area contributed by atoms with Crippen LogP contribution in [0.5, 0.6) is 0 Å². The van der Waals surface area contributed by atoms with E-state index in [1.165, 1.54) is 16.7 Å². The lowest BCUT2D eigenvalue weighted by Gasteiger charge is -2.15. The molecule has 1 aromatic heterocycles. The Kier molecular flexibility index (Phi) is 3.52. The van der Waals surface area contributed by atoms with E-state index in [0.29, 0.717) is 0 Å². The summed E-state index contributed by atoms with van der Waals surface area (Å²) in [5.74, 6) is 0. The van der Waals surface area contributed by atoms with Crippen LogP contribution in [0.15, 0.2) is 41.2 Å². The summed E-state index contributed by atoms with van der Waals surface area (Å²) in [5.41, 5.74) is 5.08. The molecule has 0 bridgehead atoms. The van der Waals surface area contributed by atoms with Gasteiger partial charge in [0, 0.05) is 11.3 Å². The maximum Gasteiger partial charge on any atom is 0.0955 e. The minimum absolute atomic E-state index is 0.264. The first-order chi connectivity index (χ1) is 8.20. The predicted octanol–water partition coefficient (Wildman–Crippen LogP) is 4.32. The molecule has 0 fully saturated rings. The molecule has 2 heteroatoms. The molecule has 17 heavy (non-hydrogen) atoms. The molecule has 0 aliphatic rings. The Hall–Kier alpha value is -1.70. The molecule has 0 radical (unpaired) electrons. The Morgan fingerprint density at radius 3 is 2.71 bits per heavy atom. The third-order valence-electron chi connectivity index (χ3n) is 3.15. The molecule has 0 saturated heterocycles. The largest absolute Gasteiger partial charge is 0.472 e. The number of nitrogens with one attached hydrogen (secondary N) is 1. The van der Waals surface area contributed by atoms with Crippen LogP contribution in [-0.4, -0.2) is 0 Å². The third kappa shape index (κ3) is 2.70. The van der Waals surface area contributed by atoms with Crippen molar-refractivity contribution in [2.24, 2.45) is 0 Å². The lowest BCUT2D eigenvalue weighted by Crippen LogP contribution is -2.05. The Balaban J connectivity index is 2.11. The van der Waals surface area contributed by atoms with Crippen molar-refractivity contribution in [2.75, 3.05) is 5.32 Å². The molecule has 1 atom stereocenters. The number of rotatable bonds is 4. The van der Waals surface area contributed by atoms with E-state index < -0.39 is 0 Å². The van der Waals surface area contributed by atoms with Gasteiger partial charge in [0.15, 0.2) is 0 Å². The highest BCUT2D eigenvalue weighted by Crippen LogP contribution is 2.21. The second kappa shape index (κ2) is 5.09. The first kappa shape index (κ1) is 11.8. The summed E-state index contributed by atoms with van der Waals surface area (Å²) in [6, 6.07) is 8.79. The molecule has 2 aromatic rings. The summed E-state index contributed by atoms with van der Waals surface area (Å²) >= 11 is 0. The van der Waals surface area contributed by atoms with Gasteiger partial charge in [-0.2, -0.15) is 0 Å². The molecule has 90 valence electrons. The van der Waals surface area contributed by atoms with Gasteiger partial charge in [0.05, 0.1) is 18.6 Å². The Labute approximate surface area is 103 Å². The van der Waals surface area contributed by atoms with Crippen molar-refractivity contribution in [1.82, 2.24) is 0 Å². The fraction of sp³-hybridized carbons (Fsp3) is 0.333. The van der Waals surface area contributed by atoms with Crippen molar-refractivity contribution >= 4 is 5.69 Å². The molecular weight excluding hydrogens is 210 g/mol. The smallest absolute Gasteiger partial charge is 0.0955 e. The van der Waals surface area contributed by atoms with Crippen LogP contribution in [0.2, 0.25) is 0 Å². The van der Waals surface area contributed by atoms with Crippen molar-refractivity contribution in [2.45, 2.75) is 33.2 Å². The highest BCUT2D eigenvalue weighted by Gasteiger charge is 2.06. The second-order valence-corrected chi connectivity index (χ2v) is 4.42. The molecule has 0 aliphatic carbocycles. The van der Waals surface area contributed by atoms with Gasteiger partial charge in [0.1, 0.15) is 0 Å². The molecule has 1 heterocycles. The number of benzene rings is 1. The van der Waals surface area contributed by atoms with Gasteiger partial charge in [-0.1, -0.05) is 13.0 Å². The van der Waals surface area contributed by atoms with Gasteiger partial charge < -0.3 is 9.73 Å². The lowest BCUT2D eigenvalue weighted by molar-refractivity contribution is 0.562. The van der Waals surface area contributed by atoms with Gasteiger partial charge in [0.25, 0.3) is 0 Å². The van der Waals surface area contributed by atoms with E-state index in [4.69, 9.17) is 4.42 Å². The SMILES string of the molecule is CCc1ccc(NC(C)c2ccoc2)cc1C. The molecule has 1 aromatic carbocycles.